The summed E-state index contributed by atoms with van der Waals surface area (Å²) in [6, 6.07) is 9.95. The first kappa shape index (κ1) is 12.2. The van der Waals surface area contributed by atoms with Gasteiger partial charge in [-0.25, -0.2) is 0 Å². The zero-order valence-corrected chi connectivity index (χ0v) is 10.2. The maximum atomic E-state index is 11.6. The first-order chi connectivity index (χ1) is 8.60. The highest BCUT2D eigenvalue weighted by molar-refractivity contribution is 6.31. The molecule has 0 saturated carbocycles. The molecule has 0 atom stereocenters. The van der Waals surface area contributed by atoms with Crippen LogP contribution in [0, 0.1) is 11.3 Å². The van der Waals surface area contributed by atoms with Crippen LogP contribution in [-0.4, -0.2) is 4.57 Å². The van der Waals surface area contributed by atoms with E-state index < -0.39 is 0 Å². The average molecular weight is 260 g/mol. The summed E-state index contributed by atoms with van der Waals surface area (Å²) in [5.74, 6) is 0. The largest absolute Gasteiger partial charge is 0.398 e. The van der Waals surface area contributed by atoms with Gasteiger partial charge in [0.1, 0.15) is 0 Å². The van der Waals surface area contributed by atoms with Crippen LogP contribution in [0.3, 0.4) is 0 Å². The first-order valence-electron chi connectivity index (χ1n) is 5.24. The Hall–Kier alpha value is -2.25. The Bertz CT molecular complexity index is 685. The van der Waals surface area contributed by atoms with Crippen LogP contribution in [0.4, 0.5) is 5.69 Å². The molecular weight excluding hydrogens is 250 g/mol. The summed E-state index contributed by atoms with van der Waals surface area (Å²) < 4.78 is 1.47. The zero-order chi connectivity index (χ0) is 13.1. The molecule has 90 valence electrons. The van der Waals surface area contributed by atoms with Gasteiger partial charge in [-0.3, -0.25) is 4.79 Å². The minimum Gasteiger partial charge on any atom is -0.398 e. The number of benzene rings is 1. The maximum Gasteiger partial charge on any atom is 0.250 e. The van der Waals surface area contributed by atoms with Crippen LogP contribution in [0.25, 0.3) is 0 Å². The van der Waals surface area contributed by atoms with E-state index in [9.17, 15) is 4.79 Å². The van der Waals surface area contributed by atoms with E-state index >= 15 is 0 Å². The van der Waals surface area contributed by atoms with Gasteiger partial charge in [-0.05, 0) is 23.8 Å². The topological polar surface area (TPSA) is 71.8 Å². The number of halogens is 1. The molecule has 1 aromatic carbocycles. The van der Waals surface area contributed by atoms with Crippen molar-refractivity contribution in [3.05, 3.63) is 63.0 Å². The number of nitrogen functional groups attached to an aromatic ring is 1. The summed E-state index contributed by atoms with van der Waals surface area (Å²) in [5, 5.41) is 9.20. The van der Waals surface area contributed by atoms with Crippen molar-refractivity contribution in [2.24, 2.45) is 0 Å². The molecular formula is C13H10ClN3O. The van der Waals surface area contributed by atoms with Crippen LogP contribution in [-0.2, 0) is 6.54 Å². The van der Waals surface area contributed by atoms with Crippen LogP contribution < -0.4 is 11.3 Å². The predicted octanol–water partition coefficient (Wildman–Crippen LogP) is 2.00. The van der Waals surface area contributed by atoms with Crippen LogP contribution >= 0.6 is 11.6 Å². The summed E-state index contributed by atoms with van der Waals surface area (Å²) in [4.78, 5) is 11.6. The van der Waals surface area contributed by atoms with E-state index in [1.54, 1.807) is 30.5 Å². The normalized spacial score (nSPS) is 10.0. The number of nitrogens with zero attached hydrogens (tertiary/aromatic N) is 2. The number of nitriles is 1. The predicted molar refractivity (Wildman–Crippen MR) is 70.4 cm³/mol. The third kappa shape index (κ3) is 2.53. The van der Waals surface area contributed by atoms with Crippen LogP contribution in [0.2, 0.25) is 5.02 Å². The molecule has 0 fully saturated rings. The van der Waals surface area contributed by atoms with Crippen molar-refractivity contribution >= 4 is 17.3 Å². The Morgan fingerprint density at radius 3 is 2.78 bits per heavy atom. The van der Waals surface area contributed by atoms with Crippen molar-refractivity contribution in [3.8, 4) is 6.07 Å². The van der Waals surface area contributed by atoms with E-state index in [2.05, 4.69) is 0 Å². The molecule has 0 aliphatic heterocycles. The standard InChI is InChI=1S/C13H10ClN3O/c14-12-5-9(6-15)1-2-10(12)7-17-8-11(16)3-4-13(17)18/h1-5,8H,7,16H2. The SMILES string of the molecule is N#Cc1ccc(Cn2cc(N)ccc2=O)c(Cl)c1. The van der Waals surface area contributed by atoms with E-state index in [0.717, 1.165) is 5.56 Å². The zero-order valence-electron chi connectivity index (χ0n) is 9.43. The van der Waals surface area contributed by atoms with Crippen molar-refractivity contribution in [2.45, 2.75) is 6.54 Å². The molecule has 2 N–H and O–H groups in total. The third-order valence-corrected chi connectivity index (χ3v) is 2.88. The van der Waals surface area contributed by atoms with Crippen molar-refractivity contribution in [1.29, 1.82) is 5.26 Å². The van der Waals surface area contributed by atoms with Crippen molar-refractivity contribution in [3.63, 3.8) is 0 Å². The molecule has 1 aromatic heterocycles. The van der Waals surface area contributed by atoms with Gasteiger partial charge in [-0.15, -0.1) is 0 Å². The van der Waals surface area contributed by atoms with Gasteiger partial charge in [0.2, 0.25) is 0 Å². The second-order valence-corrected chi connectivity index (χ2v) is 4.25. The highest BCUT2D eigenvalue weighted by Crippen LogP contribution is 2.18. The van der Waals surface area contributed by atoms with Crippen molar-refractivity contribution < 1.29 is 0 Å². The Morgan fingerprint density at radius 2 is 2.11 bits per heavy atom. The molecule has 2 rings (SSSR count). The van der Waals surface area contributed by atoms with Gasteiger partial charge < -0.3 is 10.3 Å². The van der Waals surface area contributed by atoms with Gasteiger partial charge in [0.05, 0.1) is 18.2 Å². The van der Waals surface area contributed by atoms with Gasteiger partial charge >= 0.3 is 0 Å². The second kappa shape index (κ2) is 4.94. The highest BCUT2D eigenvalue weighted by Gasteiger charge is 2.04. The maximum absolute atomic E-state index is 11.6. The Labute approximate surface area is 109 Å². The van der Waals surface area contributed by atoms with E-state index in [1.807, 2.05) is 6.07 Å². The summed E-state index contributed by atoms with van der Waals surface area (Å²) in [6.45, 7) is 0.328. The summed E-state index contributed by atoms with van der Waals surface area (Å²) in [6.07, 6.45) is 1.57. The lowest BCUT2D eigenvalue weighted by atomic mass is 10.1. The summed E-state index contributed by atoms with van der Waals surface area (Å²) in [7, 11) is 0. The summed E-state index contributed by atoms with van der Waals surface area (Å²) in [5.41, 5.74) is 7.25. The molecule has 0 amide bonds. The van der Waals surface area contributed by atoms with Crippen molar-refractivity contribution in [1.82, 2.24) is 4.57 Å². The highest BCUT2D eigenvalue weighted by atomic mass is 35.5. The van der Waals surface area contributed by atoms with Crippen LogP contribution in [0.1, 0.15) is 11.1 Å². The first-order valence-corrected chi connectivity index (χ1v) is 5.62. The Morgan fingerprint density at radius 1 is 1.33 bits per heavy atom. The molecule has 0 unspecified atom stereocenters. The monoisotopic (exact) mass is 259 g/mol. The number of hydrogen-bond donors (Lipinski definition) is 1. The number of aromatic nitrogens is 1. The van der Waals surface area contributed by atoms with Crippen LogP contribution in [0.5, 0.6) is 0 Å². The molecule has 0 aliphatic carbocycles. The van der Waals surface area contributed by atoms with Gasteiger partial charge in [-0.2, -0.15) is 5.26 Å². The number of pyridine rings is 1. The van der Waals surface area contributed by atoms with Gasteiger partial charge in [0.15, 0.2) is 0 Å². The van der Waals surface area contributed by atoms with E-state index in [1.165, 1.54) is 10.6 Å². The number of rotatable bonds is 2. The minimum atomic E-state index is -0.148. The fourth-order valence-corrected chi connectivity index (χ4v) is 1.84. The third-order valence-electron chi connectivity index (χ3n) is 2.53. The second-order valence-electron chi connectivity index (χ2n) is 3.85. The molecule has 0 saturated heterocycles. The number of anilines is 1. The van der Waals surface area contributed by atoms with E-state index in [4.69, 9.17) is 22.6 Å². The van der Waals surface area contributed by atoms with E-state index in [-0.39, 0.29) is 5.56 Å². The fourth-order valence-electron chi connectivity index (χ4n) is 1.60. The lowest BCUT2D eigenvalue weighted by Gasteiger charge is -2.08. The number of hydrogen-bond acceptors (Lipinski definition) is 3. The smallest absolute Gasteiger partial charge is 0.250 e. The van der Waals surface area contributed by atoms with Crippen molar-refractivity contribution in [2.75, 3.05) is 5.73 Å². The molecule has 2 aromatic rings. The molecule has 0 bridgehead atoms. The molecule has 5 heteroatoms. The van der Waals surface area contributed by atoms with E-state index in [0.29, 0.717) is 22.8 Å². The average Bonchev–Trinajstić information content (AvgIpc) is 2.36. The molecule has 1 heterocycles. The quantitative estimate of drug-likeness (QED) is 0.897. The lowest BCUT2D eigenvalue weighted by Crippen LogP contribution is -2.19. The number of nitrogens with two attached hydrogens (primary N) is 1. The molecule has 0 spiro atoms. The minimum absolute atomic E-state index is 0.148. The Kier molecular flexibility index (Phi) is 3.35. The van der Waals surface area contributed by atoms with Crippen LogP contribution in [0.15, 0.2) is 41.3 Å². The molecule has 0 aliphatic rings. The van der Waals surface area contributed by atoms with Gasteiger partial charge in [-0.1, -0.05) is 17.7 Å². The van der Waals surface area contributed by atoms with Gasteiger partial charge in [0.25, 0.3) is 5.56 Å². The molecule has 0 radical (unpaired) electrons. The summed E-state index contributed by atoms with van der Waals surface area (Å²) >= 11 is 6.05. The van der Waals surface area contributed by atoms with Gasteiger partial charge in [0, 0.05) is 23.0 Å². The molecule has 18 heavy (non-hydrogen) atoms. The molecule has 4 nitrogen and oxygen atoms in total. The lowest BCUT2D eigenvalue weighted by molar-refractivity contribution is 0.761. The Balaban J connectivity index is 2.38. The fraction of sp³-hybridized carbons (Fsp3) is 0.0769.